The number of hydrogen-bond donors (Lipinski definition) is 0. The molecule has 0 bridgehead atoms. The number of pyridine rings is 1. The van der Waals surface area contributed by atoms with Gasteiger partial charge in [0.25, 0.3) is 0 Å². The topological polar surface area (TPSA) is 36.7 Å². The van der Waals surface area contributed by atoms with Gasteiger partial charge in [0.1, 0.15) is 0 Å². The summed E-state index contributed by atoms with van der Waals surface area (Å²) in [4.78, 5) is 4.41. The molecule has 1 saturated heterocycles. The summed E-state index contributed by atoms with van der Waals surface area (Å²) in [6, 6.07) is 17.9. The molecule has 2 aromatic heterocycles. The number of para-hydroxylation sites is 1. The molecular weight excluding hydrogens is 447 g/mol. The van der Waals surface area contributed by atoms with Gasteiger partial charge < -0.3 is 4.90 Å². The second kappa shape index (κ2) is 9.23. The Hall–Kier alpha value is -2.78. The van der Waals surface area contributed by atoms with Crippen molar-refractivity contribution in [2.24, 2.45) is 0 Å². The van der Waals surface area contributed by atoms with Crippen LogP contribution in [0.5, 0.6) is 0 Å². The molecule has 1 aliphatic rings. The summed E-state index contributed by atoms with van der Waals surface area (Å²) in [5.41, 5.74) is 2.01. The van der Waals surface area contributed by atoms with Crippen LogP contribution in [0.2, 0.25) is 0 Å². The van der Waals surface area contributed by atoms with Gasteiger partial charge in [-0.05, 0) is 54.8 Å². The molecule has 5 nitrogen and oxygen atoms in total. The number of thioether (sulfide) groups is 1. The Labute approximate surface area is 194 Å². The third-order valence-corrected chi connectivity index (χ3v) is 7.02. The number of piperazine rings is 1. The number of anilines is 1. The predicted octanol–water partition coefficient (Wildman–Crippen LogP) is 5.21. The number of halogens is 3. The minimum atomic E-state index is -4.31. The molecule has 0 unspecified atom stereocenters. The molecule has 0 N–H and O–H groups in total. The van der Waals surface area contributed by atoms with Gasteiger partial charge in [-0.3, -0.25) is 9.30 Å². The third kappa shape index (κ3) is 4.79. The summed E-state index contributed by atoms with van der Waals surface area (Å²) in [6.45, 7) is 4.12. The van der Waals surface area contributed by atoms with Crippen LogP contribution in [0.3, 0.4) is 0 Å². The number of nitrogens with zero attached hydrogens (tertiary/aromatic N) is 5. The fourth-order valence-corrected chi connectivity index (χ4v) is 5.14. The highest BCUT2D eigenvalue weighted by Gasteiger charge is 2.31. The lowest BCUT2D eigenvalue weighted by Crippen LogP contribution is -2.46. The van der Waals surface area contributed by atoms with E-state index >= 15 is 0 Å². The van der Waals surface area contributed by atoms with E-state index in [4.69, 9.17) is 0 Å². The Morgan fingerprint density at radius 1 is 0.879 bits per heavy atom. The SMILES string of the molecule is FC(F)(F)c1cccc(N2CCN(CCCSc3nnc4ccc5ccccc5n34)CC2)c1. The van der Waals surface area contributed by atoms with Crippen molar-refractivity contribution in [3.63, 3.8) is 0 Å². The van der Waals surface area contributed by atoms with E-state index in [1.54, 1.807) is 17.8 Å². The average Bonchev–Trinajstić information content (AvgIpc) is 3.25. The van der Waals surface area contributed by atoms with Crippen LogP contribution in [-0.2, 0) is 6.18 Å². The van der Waals surface area contributed by atoms with Crippen LogP contribution in [0, 0.1) is 0 Å². The molecule has 2 aromatic carbocycles. The first-order chi connectivity index (χ1) is 16.0. The number of fused-ring (bicyclic) bond motifs is 3. The summed E-state index contributed by atoms with van der Waals surface area (Å²) in [5.74, 6) is 0.928. The van der Waals surface area contributed by atoms with Gasteiger partial charge in [-0.1, -0.05) is 36.0 Å². The van der Waals surface area contributed by atoms with Gasteiger partial charge in [-0.25, -0.2) is 0 Å². The fourth-order valence-electron chi connectivity index (χ4n) is 4.27. The number of hydrogen-bond acceptors (Lipinski definition) is 5. The minimum Gasteiger partial charge on any atom is -0.369 e. The fraction of sp³-hybridized carbons (Fsp3) is 0.333. The molecule has 5 rings (SSSR count). The third-order valence-electron chi connectivity index (χ3n) is 6.01. The first-order valence-electron chi connectivity index (χ1n) is 11.0. The summed E-state index contributed by atoms with van der Waals surface area (Å²) < 4.78 is 41.1. The van der Waals surface area contributed by atoms with E-state index in [2.05, 4.69) is 37.7 Å². The van der Waals surface area contributed by atoms with Crippen molar-refractivity contribution in [3.05, 3.63) is 66.2 Å². The summed E-state index contributed by atoms with van der Waals surface area (Å²) in [6.07, 6.45) is -3.30. The van der Waals surface area contributed by atoms with E-state index < -0.39 is 11.7 Å². The first-order valence-corrected chi connectivity index (χ1v) is 12.0. The van der Waals surface area contributed by atoms with Crippen molar-refractivity contribution in [2.45, 2.75) is 17.8 Å². The standard InChI is InChI=1S/C24H24F3N5S/c25-24(26,27)19-6-3-7-20(17-19)31-14-12-30(13-15-31)11-4-16-33-23-29-28-22-10-9-18-5-1-2-8-21(18)32(22)23/h1-3,5-10,17H,4,11-16H2. The Kier molecular flexibility index (Phi) is 6.16. The normalized spacial score (nSPS) is 15.5. The zero-order valence-electron chi connectivity index (χ0n) is 18.0. The maximum absolute atomic E-state index is 13.0. The molecule has 0 saturated carbocycles. The van der Waals surface area contributed by atoms with Gasteiger partial charge in [0.05, 0.1) is 11.1 Å². The van der Waals surface area contributed by atoms with E-state index in [1.807, 2.05) is 23.1 Å². The lowest BCUT2D eigenvalue weighted by atomic mass is 10.1. The van der Waals surface area contributed by atoms with Crippen molar-refractivity contribution >= 4 is 34.0 Å². The summed E-state index contributed by atoms with van der Waals surface area (Å²) in [5, 5.41) is 10.7. The molecule has 0 amide bonds. The molecule has 4 aromatic rings. The van der Waals surface area contributed by atoms with E-state index in [1.165, 1.54) is 12.1 Å². The van der Waals surface area contributed by atoms with Crippen LogP contribution in [0.25, 0.3) is 16.6 Å². The molecule has 1 aliphatic heterocycles. The number of alkyl halides is 3. The second-order valence-electron chi connectivity index (χ2n) is 8.15. The van der Waals surface area contributed by atoms with Crippen molar-refractivity contribution in [2.75, 3.05) is 43.4 Å². The summed E-state index contributed by atoms with van der Waals surface area (Å²) in [7, 11) is 0. The molecule has 33 heavy (non-hydrogen) atoms. The molecule has 172 valence electrons. The van der Waals surface area contributed by atoms with Gasteiger partial charge in [0.15, 0.2) is 10.8 Å². The van der Waals surface area contributed by atoms with Crippen molar-refractivity contribution < 1.29 is 13.2 Å². The van der Waals surface area contributed by atoms with Gasteiger partial charge in [0.2, 0.25) is 0 Å². The minimum absolute atomic E-state index is 0.590. The van der Waals surface area contributed by atoms with Crippen molar-refractivity contribution in [3.8, 4) is 0 Å². The van der Waals surface area contributed by atoms with Crippen LogP contribution in [0.1, 0.15) is 12.0 Å². The lowest BCUT2D eigenvalue weighted by molar-refractivity contribution is -0.137. The first kappa shape index (κ1) is 22.0. The maximum atomic E-state index is 13.0. The number of benzene rings is 2. The second-order valence-corrected chi connectivity index (χ2v) is 9.21. The predicted molar refractivity (Wildman–Crippen MR) is 126 cm³/mol. The van der Waals surface area contributed by atoms with E-state index in [-0.39, 0.29) is 0 Å². The van der Waals surface area contributed by atoms with Crippen LogP contribution >= 0.6 is 11.8 Å². The molecule has 0 radical (unpaired) electrons. The Balaban J connectivity index is 1.13. The van der Waals surface area contributed by atoms with E-state index in [0.717, 1.165) is 72.7 Å². The highest BCUT2D eigenvalue weighted by atomic mass is 32.2. The quantitative estimate of drug-likeness (QED) is 0.285. The van der Waals surface area contributed by atoms with Gasteiger partial charge in [0, 0.05) is 37.6 Å². The molecule has 1 fully saturated rings. The lowest BCUT2D eigenvalue weighted by Gasteiger charge is -2.36. The zero-order valence-corrected chi connectivity index (χ0v) is 18.8. The smallest absolute Gasteiger partial charge is 0.369 e. The van der Waals surface area contributed by atoms with Crippen LogP contribution in [-0.4, -0.2) is 58.0 Å². The highest BCUT2D eigenvalue weighted by Crippen LogP contribution is 2.32. The molecule has 0 aliphatic carbocycles. The average molecular weight is 472 g/mol. The Morgan fingerprint density at radius 3 is 2.52 bits per heavy atom. The molecule has 0 atom stereocenters. The molecule has 9 heteroatoms. The van der Waals surface area contributed by atoms with E-state index in [9.17, 15) is 13.2 Å². The maximum Gasteiger partial charge on any atom is 0.416 e. The van der Waals surface area contributed by atoms with Gasteiger partial charge in [-0.2, -0.15) is 13.2 Å². The van der Waals surface area contributed by atoms with Gasteiger partial charge in [-0.15, -0.1) is 10.2 Å². The van der Waals surface area contributed by atoms with Crippen molar-refractivity contribution in [1.82, 2.24) is 19.5 Å². The summed E-state index contributed by atoms with van der Waals surface area (Å²) >= 11 is 1.71. The van der Waals surface area contributed by atoms with E-state index in [0.29, 0.717) is 5.69 Å². The van der Waals surface area contributed by atoms with Crippen LogP contribution in [0.15, 0.2) is 65.8 Å². The molecule has 3 heterocycles. The number of aromatic nitrogens is 3. The Morgan fingerprint density at radius 2 is 1.70 bits per heavy atom. The highest BCUT2D eigenvalue weighted by molar-refractivity contribution is 7.99. The monoisotopic (exact) mass is 471 g/mol. The van der Waals surface area contributed by atoms with Gasteiger partial charge >= 0.3 is 6.18 Å². The molecular formula is C24H24F3N5S. The zero-order chi connectivity index (χ0) is 22.8. The molecule has 0 spiro atoms. The van der Waals surface area contributed by atoms with Crippen LogP contribution in [0.4, 0.5) is 18.9 Å². The van der Waals surface area contributed by atoms with Crippen LogP contribution < -0.4 is 4.90 Å². The number of rotatable bonds is 6. The largest absolute Gasteiger partial charge is 0.416 e. The van der Waals surface area contributed by atoms with Crippen molar-refractivity contribution in [1.29, 1.82) is 0 Å². The Bertz CT molecular complexity index is 1250.